The second-order valence-corrected chi connectivity index (χ2v) is 4.13. The zero-order chi connectivity index (χ0) is 12.4. The highest BCUT2D eigenvalue weighted by Gasteiger charge is 2.08. The summed E-state index contributed by atoms with van der Waals surface area (Å²) in [6.45, 7) is 4.07. The van der Waals surface area contributed by atoms with Crippen molar-refractivity contribution in [2.75, 3.05) is 0 Å². The van der Waals surface area contributed by atoms with Crippen LogP contribution >= 0.6 is 0 Å². The Morgan fingerprint density at radius 3 is 3.00 bits per heavy atom. The van der Waals surface area contributed by atoms with Gasteiger partial charge in [-0.2, -0.15) is 0 Å². The molecule has 2 aromatic heterocycles. The quantitative estimate of drug-likeness (QED) is 0.814. The Bertz CT molecular complexity index is 544. The Morgan fingerprint density at radius 1 is 1.59 bits per heavy atom. The van der Waals surface area contributed by atoms with Gasteiger partial charge in [-0.1, -0.05) is 6.07 Å². The molecule has 90 valence electrons. The van der Waals surface area contributed by atoms with Crippen LogP contribution in [0.5, 0.6) is 0 Å². The Morgan fingerprint density at radius 2 is 2.35 bits per heavy atom. The first-order valence-corrected chi connectivity index (χ1v) is 5.55. The third-order valence-electron chi connectivity index (χ3n) is 2.60. The molecule has 2 heterocycles. The molecule has 0 aliphatic rings. The van der Waals surface area contributed by atoms with Gasteiger partial charge < -0.3 is 15.5 Å². The summed E-state index contributed by atoms with van der Waals surface area (Å²) in [5.74, 6) is -0.168. The lowest BCUT2D eigenvalue weighted by Gasteiger charge is -2.05. The summed E-state index contributed by atoms with van der Waals surface area (Å²) in [6.07, 6.45) is 1.92. The molecule has 1 atom stereocenters. The van der Waals surface area contributed by atoms with E-state index in [1.807, 2.05) is 35.7 Å². The molecule has 3 N–H and O–H groups in total. The maximum absolute atomic E-state index is 11.3. The van der Waals surface area contributed by atoms with Gasteiger partial charge in [0.15, 0.2) is 0 Å². The van der Waals surface area contributed by atoms with Gasteiger partial charge in [0.1, 0.15) is 5.65 Å². The summed E-state index contributed by atoms with van der Waals surface area (Å²) < 4.78 is 1.99. The molecule has 0 aromatic carbocycles. The molecular formula is C12H16N4O. The van der Waals surface area contributed by atoms with Gasteiger partial charge in [0.05, 0.1) is 18.3 Å². The normalized spacial score (nSPS) is 12.6. The lowest BCUT2D eigenvalue weighted by Crippen LogP contribution is -2.37. The Hall–Kier alpha value is -1.88. The van der Waals surface area contributed by atoms with Gasteiger partial charge in [0.2, 0.25) is 5.91 Å². The topological polar surface area (TPSA) is 72.4 Å². The first kappa shape index (κ1) is 11.6. The number of hydrogen-bond acceptors (Lipinski definition) is 3. The number of rotatable bonds is 3. The molecule has 0 radical (unpaired) electrons. The van der Waals surface area contributed by atoms with Gasteiger partial charge in [-0.15, -0.1) is 0 Å². The largest absolute Gasteiger partial charge is 0.349 e. The van der Waals surface area contributed by atoms with Gasteiger partial charge >= 0.3 is 0 Å². The monoisotopic (exact) mass is 232 g/mol. The van der Waals surface area contributed by atoms with Crippen molar-refractivity contribution >= 4 is 11.6 Å². The number of nitrogens with one attached hydrogen (secondary N) is 1. The van der Waals surface area contributed by atoms with E-state index in [9.17, 15) is 4.79 Å². The molecule has 0 aliphatic carbocycles. The Balaban J connectivity index is 2.15. The first-order valence-electron chi connectivity index (χ1n) is 5.55. The van der Waals surface area contributed by atoms with Gasteiger partial charge in [-0.3, -0.25) is 4.79 Å². The van der Waals surface area contributed by atoms with Crippen molar-refractivity contribution in [2.24, 2.45) is 5.73 Å². The minimum absolute atomic E-state index is 0.168. The van der Waals surface area contributed by atoms with E-state index >= 15 is 0 Å². The number of aromatic nitrogens is 2. The number of imidazole rings is 1. The number of carbonyl (C=O) groups excluding carboxylic acids is 1. The fourth-order valence-corrected chi connectivity index (χ4v) is 1.62. The van der Waals surface area contributed by atoms with E-state index in [0.29, 0.717) is 6.54 Å². The van der Waals surface area contributed by atoms with Crippen molar-refractivity contribution in [1.29, 1.82) is 0 Å². The van der Waals surface area contributed by atoms with E-state index in [2.05, 4.69) is 10.3 Å². The van der Waals surface area contributed by atoms with E-state index in [4.69, 9.17) is 5.73 Å². The van der Waals surface area contributed by atoms with E-state index in [1.165, 1.54) is 0 Å². The van der Waals surface area contributed by atoms with Crippen LogP contribution in [0.3, 0.4) is 0 Å². The zero-order valence-electron chi connectivity index (χ0n) is 9.97. The van der Waals surface area contributed by atoms with Crippen molar-refractivity contribution in [3.05, 3.63) is 35.8 Å². The van der Waals surface area contributed by atoms with E-state index in [1.54, 1.807) is 6.92 Å². The van der Waals surface area contributed by atoms with Gasteiger partial charge in [-0.25, -0.2) is 4.98 Å². The van der Waals surface area contributed by atoms with E-state index < -0.39 is 6.04 Å². The third-order valence-corrected chi connectivity index (χ3v) is 2.60. The summed E-state index contributed by atoms with van der Waals surface area (Å²) in [6, 6.07) is 5.42. The molecule has 0 aliphatic heterocycles. The molecule has 0 spiro atoms. The molecule has 2 rings (SSSR count). The van der Waals surface area contributed by atoms with Crippen molar-refractivity contribution in [3.8, 4) is 0 Å². The number of nitrogens with two attached hydrogens (primary N) is 1. The summed E-state index contributed by atoms with van der Waals surface area (Å²) in [4.78, 5) is 15.7. The van der Waals surface area contributed by atoms with E-state index in [0.717, 1.165) is 17.0 Å². The van der Waals surface area contributed by atoms with Crippen LogP contribution in [0.4, 0.5) is 0 Å². The highest BCUT2D eigenvalue weighted by atomic mass is 16.2. The third kappa shape index (κ3) is 2.45. The molecule has 5 nitrogen and oxygen atoms in total. The molecule has 0 saturated carbocycles. The first-order chi connectivity index (χ1) is 8.08. The fraction of sp³-hybridized carbons (Fsp3) is 0.333. The predicted octanol–water partition coefficient (Wildman–Crippen LogP) is 0.606. The number of amides is 1. The second-order valence-electron chi connectivity index (χ2n) is 4.13. The summed E-state index contributed by atoms with van der Waals surface area (Å²) in [7, 11) is 0. The van der Waals surface area contributed by atoms with Gasteiger partial charge in [0, 0.05) is 11.9 Å². The van der Waals surface area contributed by atoms with Crippen LogP contribution < -0.4 is 11.1 Å². The molecule has 5 heteroatoms. The SMILES string of the molecule is Cc1cccc2nc(CNC(=O)C(C)N)cn12. The highest BCUT2D eigenvalue weighted by Crippen LogP contribution is 2.08. The van der Waals surface area contributed by atoms with Crippen LogP contribution in [0, 0.1) is 6.92 Å². The van der Waals surface area contributed by atoms with Crippen LogP contribution in [0.25, 0.3) is 5.65 Å². The van der Waals surface area contributed by atoms with Crippen LogP contribution in [-0.2, 0) is 11.3 Å². The fourth-order valence-electron chi connectivity index (χ4n) is 1.62. The summed E-state index contributed by atoms with van der Waals surface area (Å²) >= 11 is 0. The maximum Gasteiger partial charge on any atom is 0.236 e. The molecule has 1 amide bonds. The average molecular weight is 232 g/mol. The molecule has 0 fully saturated rings. The number of nitrogens with zero attached hydrogens (tertiary/aromatic N) is 2. The summed E-state index contributed by atoms with van der Waals surface area (Å²) in [5, 5.41) is 2.74. The van der Waals surface area contributed by atoms with Gasteiger partial charge in [-0.05, 0) is 26.0 Å². The predicted molar refractivity (Wildman–Crippen MR) is 65.4 cm³/mol. The van der Waals surface area contributed by atoms with Crippen LogP contribution in [0.1, 0.15) is 18.3 Å². The number of carbonyl (C=O) groups is 1. The minimum Gasteiger partial charge on any atom is -0.349 e. The van der Waals surface area contributed by atoms with Crippen LogP contribution in [0.2, 0.25) is 0 Å². The number of hydrogen-bond donors (Lipinski definition) is 2. The number of pyridine rings is 1. The molecule has 1 unspecified atom stereocenters. The zero-order valence-corrected chi connectivity index (χ0v) is 9.97. The lowest BCUT2D eigenvalue weighted by molar-refractivity contribution is -0.122. The molecule has 2 aromatic rings. The molecule has 17 heavy (non-hydrogen) atoms. The van der Waals surface area contributed by atoms with Crippen LogP contribution in [-0.4, -0.2) is 21.3 Å². The number of fused-ring (bicyclic) bond motifs is 1. The number of aryl methyl sites for hydroxylation is 1. The highest BCUT2D eigenvalue weighted by molar-refractivity contribution is 5.80. The van der Waals surface area contributed by atoms with Crippen molar-refractivity contribution < 1.29 is 4.79 Å². The summed E-state index contributed by atoms with van der Waals surface area (Å²) in [5.41, 5.74) is 8.28. The van der Waals surface area contributed by atoms with Crippen molar-refractivity contribution in [2.45, 2.75) is 26.4 Å². The Labute approximate surface area is 99.6 Å². The smallest absolute Gasteiger partial charge is 0.236 e. The molecule has 0 saturated heterocycles. The van der Waals surface area contributed by atoms with E-state index in [-0.39, 0.29) is 5.91 Å². The second kappa shape index (κ2) is 4.55. The van der Waals surface area contributed by atoms with Crippen molar-refractivity contribution in [3.63, 3.8) is 0 Å². The minimum atomic E-state index is -0.492. The lowest BCUT2D eigenvalue weighted by atomic mass is 10.3. The van der Waals surface area contributed by atoms with Crippen molar-refractivity contribution in [1.82, 2.24) is 14.7 Å². The standard InChI is InChI=1S/C12H16N4O/c1-8-4-3-5-11-15-10(7-16(8)11)6-14-12(17)9(2)13/h3-5,7,9H,6,13H2,1-2H3,(H,14,17). The average Bonchev–Trinajstić information content (AvgIpc) is 2.70. The Kier molecular flexibility index (Phi) is 3.10. The molecule has 0 bridgehead atoms. The maximum atomic E-state index is 11.3. The molecular weight excluding hydrogens is 216 g/mol. The van der Waals surface area contributed by atoms with Crippen LogP contribution in [0.15, 0.2) is 24.4 Å². The van der Waals surface area contributed by atoms with Gasteiger partial charge in [0.25, 0.3) is 0 Å².